The van der Waals surface area contributed by atoms with Gasteiger partial charge in [0.15, 0.2) is 0 Å². The summed E-state index contributed by atoms with van der Waals surface area (Å²) in [5.74, 6) is -0.547. The van der Waals surface area contributed by atoms with E-state index >= 15 is 0 Å². The van der Waals surface area contributed by atoms with Crippen LogP contribution in [0.2, 0.25) is 0 Å². The molecule has 0 fully saturated rings. The third kappa shape index (κ3) is 3.53. The number of thiophene rings is 1. The van der Waals surface area contributed by atoms with Crippen molar-refractivity contribution in [2.24, 2.45) is 11.1 Å². The molecule has 0 radical (unpaired) electrons. The topological polar surface area (TPSA) is 89.3 Å². The van der Waals surface area contributed by atoms with Crippen LogP contribution in [-0.2, 0) is 14.8 Å². The van der Waals surface area contributed by atoms with Crippen LogP contribution in [0.5, 0.6) is 0 Å². The number of nitrogens with two attached hydrogens (primary N) is 1. The Labute approximate surface area is 119 Å². The predicted octanol–water partition coefficient (Wildman–Crippen LogP) is 1.61. The minimum Gasteiger partial charge on any atom is -0.369 e. The van der Waals surface area contributed by atoms with Crippen LogP contribution in [-0.4, -0.2) is 20.9 Å². The van der Waals surface area contributed by atoms with Crippen LogP contribution in [0.3, 0.4) is 0 Å². The lowest BCUT2D eigenvalue weighted by molar-refractivity contribution is -0.125. The minimum atomic E-state index is -3.60. The first-order valence-electron chi connectivity index (χ1n) is 5.12. The van der Waals surface area contributed by atoms with E-state index in [0.29, 0.717) is 0 Å². The van der Waals surface area contributed by atoms with E-state index in [4.69, 9.17) is 5.73 Å². The van der Waals surface area contributed by atoms with Crippen molar-refractivity contribution in [3.8, 4) is 0 Å². The van der Waals surface area contributed by atoms with Gasteiger partial charge in [-0.15, -0.1) is 11.3 Å². The second kappa shape index (κ2) is 5.28. The van der Waals surface area contributed by atoms with Crippen molar-refractivity contribution in [1.29, 1.82) is 0 Å². The van der Waals surface area contributed by atoms with E-state index < -0.39 is 21.3 Å². The van der Waals surface area contributed by atoms with E-state index in [9.17, 15) is 13.2 Å². The van der Waals surface area contributed by atoms with Crippen molar-refractivity contribution in [1.82, 2.24) is 4.72 Å². The van der Waals surface area contributed by atoms with E-state index in [1.54, 1.807) is 19.9 Å². The molecule has 0 aliphatic carbocycles. The Bertz CT molecular complexity index is 544. The molecule has 0 unspecified atom stereocenters. The van der Waals surface area contributed by atoms with E-state index in [2.05, 4.69) is 20.7 Å². The number of carbonyl (C=O) groups is 1. The molecule has 1 aromatic heterocycles. The summed E-state index contributed by atoms with van der Waals surface area (Å²) < 4.78 is 27.4. The zero-order chi connectivity index (χ0) is 14.1. The van der Waals surface area contributed by atoms with Gasteiger partial charge in [0.2, 0.25) is 15.9 Å². The van der Waals surface area contributed by atoms with Gasteiger partial charge in [-0.2, -0.15) is 0 Å². The molecule has 3 N–H and O–H groups in total. The molecule has 8 heteroatoms. The molecule has 1 amide bonds. The van der Waals surface area contributed by atoms with Crippen molar-refractivity contribution in [2.75, 3.05) is 6.54 Å². The fourth-order valence-electron chi connectivity index (χ4n) is 0.998. The fraction of sp³-hybridized carbons (Fsp3) is 0.500. The maximum absolute atomic E-state index is 12.0. The van der Waals surface area contributed by atoms with Gasteiger partial charge in [0.25, 0.3) is 0 Å². The summed E-state index contributed by atoms with van der Waals surface area (Å²) in [7, 11) is -3.60. The van der Waals surface area contributed by atoms with E-state index in [1.807, 2.05) is 6.92 Å². The highest BCUT2D eigenvalue weighted by molar-refractivity contribution is 9.11. The van der Waals surface area contributed by atoms with Gasteiger partial charge in [0.1, 0.15) is 4.21 Å². The van der Waals surface area contributed by atoms with Crippen LogP contribution in [0.25, 0.3) is 0 Å². The van der Waals surface area contributed by atoms with Gasteiger partial charge in [0, 0.05) is 6.54 Å². The molecule has 0 aliphatic rings. The zero-order valence-electron chi connectivity index (χ0n) is 10.3. The number of hydrogen-bond acceptors (Lipinski definition) is 4. The molecule has 0 aliphatic heterocycles. The lowest BCUT2D eigenvalue weighted by atomic mass is 9.93. The molecule has 18 heavy (non-hydrogen) atoms. The molecule has 0 aromatic carbocycles. The highest BCUT2D eigenvalue weighted by atomic mass is 79.9. The summed E-state index contributed by atoms with van der Waals surface area (Å²) in [6.07, 6.45) is 0. The molecular weight excluding hydrogens is 340 g/mol. The number of carbonyl (C=O) groups excluding carboxylic acids is 1. The number of hydrogen-bond donors (Lipinski definition) is 2. The lowest BCUT2D eigenvalue weighted by Gasteiger charge is -2.20. The second-order valence-corrected chi connectivity index (χ2v) is 8.96. The molecule has 102 valence electrons. The second-order valence-electron chi connectivity index (χ2n) is 4.59. The minimum absolute atomic E-state index is 0.0285. The Hall–Kier alpha value is -0.440. The molecule has 0 bridgehead atoms. The normalized spacial score (nSPS) is 12.7. The third-order valence-electron chi connectivity index (χ3n) is 2.47. The van der Waals surface area contributed by atoms with Crippen molar-refractivity contribution in [3.05, 3.63) is 15.4 Å². The van der Waals surface area contributed by atoms with Crippen LogP contribution in [0.4, 0.5) is 0 Å². The highest BCUT2D eigenvalue weighted by Gasteiger charge is 2.28. The molecule has 5 nitrogen and oxygen atoms in total. The van der Waals surface area contributed by atoms with Crippen LogP contribution in [0.1, 0.15) is 19.4 Å². The van der Waals surface area contributed by atoms with Crippen molar-refractivity contribution in [2.45, 2.75) is 25.0 Å². The van der Waals surface area contributed by atoms with Gasteiger partial charge < -0.3 is 5.73 Å². The first kappa shape index (κ1) is 15.6. The summed E-state index contributed by atoms with van der Waals surface area (Å²) in [5, 5.41) is 0. The predicted molar refractivity (Wildman–Crippen MR) is 74.9 cm³/mol. The van der Waals surface area contributed by atoms with Crippen LogP contribution in [0.15, 0.2) is 14.1 Å². The highest BCUT2D eigenvalue weighted by Crippen LogP contribution is 2.30. The quantitative estimate of drug-likeness (QED) is 0.841. The van der Waals surface area contributed by atoms with Crippen LogP contribution >= 0.6 is 27.3 Å². The van der Waals surface area contributed by atoms with Gasteiger partial charge in [-0.1, -0.05) is 0 Å². The molecule has 0 spiro atoms. The monoisotopic (exact) mass is 354 g/mol. The molecule has 1 heterocycles. The molecule has 0 saturated carbocycles. The Balaban J connectivity index is 2.87. The average Bonchev–Trinajstić information content (AvgIpc) is 2.57. The number of aryl methyl sites for hydroxylation is 1. The number of halogens is 1. The summed E-state index contributed by atoms with van der Waals surface area (Å²) in [4.78, 5) is 11.1. The number of nitrogens with one attached hydrogen (secondary N) is 1. The Kier molecular flexibility index (Phi) is 4.58. The van der Waals surface area contributed by atoms with Gasteiger partial charge in [-0.05, 0) is 48.3 Å². The fourth-order valence-corrected chi connectivity index (χ4v) is 4.48. The largest absolute Gasteiger partial charge is 0.369 e. The van der Waals surface area contributed by atoms with E-state index in [1.165, 1.54) is 0 Å². The van der Waals surface area contributed by atoms with Crippen molar-refractivity contribution >= 4 is 43.2 Å². The Morgan fingerprint density at radius 3 is 2.50 bits per heavy atom. The van der Waals surface area contributed by atoms with E-state index in [0.717, 1.165) is 20.7 Å². The smallest absolute Gasteiger partial charge is 0.250 e. The summed E-state index contributed by atoms with van der Waals surface area (Å²) in [6, 6.07) is 1.58. The molecule has 1 rings (SSSR count). The molecular formula is C10H15BrN2O3S2. The summed E-state index contributed by atoms with van der Waals surface area (Å²) >= 11 is 4.40. The Morgan fingerprint density at radius 2 is 2.11 bits per heavy atom. The maximum atomic E-state index is 12.0. The van der Waals surface area contributed by atoms with Gasteiger partial charge >= 0.3 is 0 Å². The number of sulfonamides is 1. The van der Waals surface area contributed by atoms with Crippen molar-refractivity contribution in [3.63, 3.8) is 0 Å². The van der Waals surface area contributed by atoms with Crippen LogP contribution in [0, 0.1) is 12.3 Å². The number of primary amides is 1. The third-order valence-corrected chi connectivity index (χ3v) is 6.48. The summed E-state index contributed by atoms with van der Waals surface area (Å²) in [5.41, 5.74) is 5.12. The molecule has 0 saturated heterocycles. The zero-order valence-corrected chi connectivity index (χ0v) is 13.5. The standard InChI is InChI=1S/C10H15BrN2O3S2/c1-6-4-7(17-8(6)11)18(15,16)13-5-10(2,3)9(12)14/h4,13H,5H2,1-3H3,(H2,12,14). The maximum Gasteiger partial charge on any atom is 0.250 e. The first-order valence-corrected chi connectivity index (χ1v) is 8.21. The van der Waals surface area contributed by atoms with E-state index in [-0.39, 0.29) is 10.8 Å². The Morgan fingerprint density at radius 1 is 1.56 bits per heavy atom. The van der Waals surface area contributed by atoms with Gasteiger partial charge in [0.05, 0.1) is 9.20 Å². The first-order chi connectivity index (χ1) is 8.06. The number of rotatable bonds is 5. The molecule has 1 aromatic rings. The number of amides is 1. The van der Waals surface area contributed by atoms with Gasteiger partial charge in [-0.3, -0.25) is 4.79 Å². The SMILES string of the molecule is Cc1cc(S(=O)(=O)NCC(C)(C)C(N)=O)sc1Br. The van der Waals surface area contributed by atoms with Crippen LogP contribution < -0.4 is 10.5 Å². The average molecular weight is 355 g/mol. The van der Waals surface area contributed by atoms with Gasteiger partial charge in [-0.25, -0.2) is 13.1 Å². The summed E-state index contributed by atoms with van der Waals surface area (Å²) in [6.45, 7) is 4.97. The lowest BCUT2D eigenvalue weighted by Crippen LogP contribution is -2.42. The molecule has 0 atom stereocenters. The van der Waals surface area contributed by atoms with Crippen molar-refractivity contribution < 1.29 is 13.2 Å².